The van der Waals surface area contributed by atoms with Crippen LogP contribution in [0.3, 0.4) is 0 Å². The average Bonchev–Trinajstić information content (AvgIpc) is 3.18. The zero-order valence-electron chi connectivity index (χ0n) is 15.3. The average molecular weight is 415 g/mol. The predicted molar refractivity (Wildman–Crippen MR) is 109 cm³/mol. The quantitative estimate of drug-likeness (QED) is 0.319. The summed E-state index contributed by atoms with van der Waals surface area (Å²) in [5, 5.41) is 0. The monoisotopic (exact) mass is 415 g/mol. The van der Waals surface area contributed by atoms with Crippen LogP contribution in [0.2, 0.25) is 0 Å². The molecule has 0 amide bonds. The summed E-state index contributed by atoms with van der Waals surface area (Å²) in [5.41, 5.74) is -0.117. The van der Waals surface area contributed by atoms with Crippen molar-refractivity contribution in [1.82, 2.24) is 0 Å². The summed E-state index contributed by atoms with van der Waals surface area (Å²) in [6, 6.07) is 20.8. The molecule has 29 heavy (non-hydrogen) atoms. The Labute approximate surface area is 170 Å². The molecule has 0 fully saturated rings. The second-order valence-electron chi connectivity index (χ2n) is 6.80. The molecule has 1 heterocycles. The Balaban J connectivity index is 1.49. The van der Waals surface area contributed by atoms with Crippen molar-refractivity contribution in [2.45, 2.75) is 29.3 Å². The first-order chi connectivity index (χ1) is 13.9. The maximum Gasteiger partial charge on any atom is 0.446 e. The summed E-state index contributed by atoms with van der Waals surface area (Å²) in [4.78, 5) is 4.87. The van der Waals surface area contributed by atoms with Crippen LogP contribution in [0.25, 0.3) is 11.1 Å². The van der Waals surface area contributed by atoms with Crippen LogP contribution in [0.1, 0.15) is 30.0 Å². The summed E-state index contributed by atoms with van der Waals surface area (Å²) >= 11 is -0.118. The molecule has 0 bridgehead atoms. The first-order valence-corrected chi connectivity index (χ1v) is 9.98. The molecule has 0 saturated carbocycles. The predicted octanol–water partition coefficient (Wildman–Crippen LogP) is 7.43. The molecule has 0 aromatic heterocycles. The Hall–Kier alpha value is -2.60. The lowest BCUT2D eigenvalue weighted by Crippen LogP contribution is -1.99. The molecule has 0 aliphatic carbocycles. The van der Waals surface area contributed by atoms with E-state index in [4.69, 9.17) is 4.99 Å². The van der Waals surface area contributed by atoms with Crippen LogP contribution < -0.4 is 0 Å². The molecule has 1 aliphatic heterocycles. The van der Waals surface area contributed by atoms with Crippen LogP contribution in [0.5, 0.6) is 0 Å². The van der Waals surface area contributed by atoms with Gasteiger partial charge in [0.2, 0.25) is 0 Å². The fourth-order valence-corrected chi connectivity index (χ4v) is 4.02. The topological polar surface area (TPSA) is 12.4 Å². The van der Waals surface area contributed by atoms with Gasteiger partial charge in [-0.05, 0) is 59.5 Å². The van der Waals surface area contributed by atoms with E-state index in [0.717, 1.165) is 35.2 Å². The Kier molecular flexibility index (Phi) is 5.46. The van der Waals surface area contributed by atoms with Gasteiger partial charge < -0.3 is 0 Å². The maximum absolute atomic E-state index is 14.0. The number of benzene rings is 3. The fraction of sp³-hybridized carbons (Fsp3) is 0.174. The first-order valence-electron chi connectivity index (χ1n) is 9.17. The Morgan fingerprint density at radius 3 is 2.07 bits per heavy atom. The molecule has 1 atom stereocenters. The minimum atomic E-state index is -4.29. The Morgan fingerprint density at radius 2 is 1.45 bits per heavy atom. The normalized spacial score (nSPS) is 16.7. The SMILES string of the molecule is Fc1ccccc1C1=NC(c2ccc(-c3ccc(SC(F)(F)F)cc3)cc2)CC1. The van der Waals surface area contributed by atoms with Gasteiger partial charge in [0, 0.05) is 16.2 Å². The zero-order chi connectivity index (χ0) is 20.4. The molecule has 1 nitrogen and oxygen atoms in total. The maximum atomic E-state index is 14.0. The lowest BCUT2D eigenvalue weighted by Gasteiger charge is -2.09. The van der Waals surface area contributed by atoms with Crippen molar-refractivity contribution in [2.24, 2.45) is 4.99 Å². The van der Waals surface area contributed by atoms with E-state index in [9.17, 15) is 17.6 Å². The van der Waals surface area contributed by atoms with E-state index in [1.165, 1.54) is 18.2 Å². The van der Waals surface area contributed by atoms with Crippen LogP contribution in [0, 0.1) is 5.82 Å². The van der Waals surface area contributed by atoms with Gasteiger partial charge in [-0.1, -0.05) is 54.6 Å². The number of rotatable bonds is 4. The molecule has 4 rings (SSSR count). The highest BCUT2D eigenvalue weighted by molar-refractivity contribution is 8.00. The molecular weight excluding hydrogens is 398 g/mol. The lowest BCUT2D eigenvalue weighted by atomic mass is 9.99. The van der Waals surface area contributed by atoms with Crippen molar-refractivity contribution in [1.29, 1.82) is 0 Å². The fourth-order valence-electron chi connectivity index (χ4n) is 3.48. The van der Waals surface area contributed by atoms with Crippen LogP contribution in [0.4, 0.5) is 17.6 Å². The van der Waals surface area contributed by atoms with E-state index in [1.54, 1.807) is 24.3 Å². The molecule has 6 heteroatoms. The van der Waals surface area contributed by atoms with E-state index in [-0.39, 0.29) is 28.5 Å². The number of thioether (sulfide) groups is 1. The van der Waals surface area contributed by atoms with Gasteiger partial charge in [0.25, 0.3) is 0 Å². The van der Waals surface area contributed by atoms with E-state index in [0.29, 0.717) is 5.56 Å². The number of nitrogens with zero attached hydrogens (tertiary/aromatic N) is 1. The van der Waals surface area contributed by atoms with Gasteiger partial charge in [0.1, 0.15) is 5.82 Å². The summed E-state index contributed by atoms with van der Waals surface area (Å²) in [6.07, 6.45) is 1.55. The molecular formula is C23H17F4NS. The molecule has 148 valence electrons. The molecule has 0 N–H and O–H groups in total. The van der Waals surface area contributed by atoms with Gasteiger partial charge in [-0.2, -0.15) is 13.2 Å². The van der Waals surface area contributed by atoms with Crippen LogP contribution in [-0.4, -0.2) is 11.2 Å². The van der Waals surface area contributed by atoms with E-state index in [1.807, 2.05) is 30.3 Å². The van der Waals surface area contributed by atoms with Crippen molar-refractivity contribution < 1.29 is 17.6 Å². The smallest absolute Gasteiger partial charge is 0.281 e. The largest absolute Gasteiger partial charge is 0.446 e. The van der Waals surface area contributed by atoms with Gasteiger partial charge in [-0.25, -0.2) is 4.39 Å². The zero-order valence-corrected chi connectivity index (χ0v) is 16.1. The third kappa shape index (κ3) is 4.70. The highest BCUT2D eigenvalue weighted by Crippen LogP contribution is 2.38. The molecule has 0 saturated heterocycles. The second kappa shape index (κ2) is 8.03. The second-order valence-corrected chi connectivity index (χ2v) is 7.94. The van der Waals surface area contributed by atoms with Crippen molar-refractivity contribution in [3.8, 4) is 11.1 Å². The molecule has 1 unspecified atom stereocenters. The van der Waals surface area contributed by atoms with E-state index >= 15 is 0 Å². The number of alkyl halides is 3. The van der Waals surface area contributed by atoms with Crippen LogP contribution in [-0.2, 0) is 0 Å². The highest BCUT2D eigenvalue weighted by Gasteiger charge is 2.29. The highest BCUT2D eigenvalue weighted by atomic mass is 32.2. The van der Waals surface area contributed by atoms with Crippen molar-refractivity contribution in [3.05, 3.63) is 89.7 Å². The summed E-state index contributed by atoms with van der Waals surface area (Å²) in [5.74, 6) is -0.255. The molecule has 0 spiro atoms. The van der Waals surface area contributed by atoms with Crippen LogP contribution in [0.15, 0.2) is 82.7 Å². The third-order valence-corrected chi connectivity index (χ3v) is 5.61. The molecule has 0 radical (unpaired) electrons. The van der Waals surface area contributed by atoms with Gasteiger partial charge in [-0.3, -0.25) is 4.99 Å². The molecule has 3 aromatic rings. The molecule has 1 aliphatic rings. The summed E-state index contributed by atoms with van der Waals surface area (Å²) in [6.45, 7) is 0. The standard InChI is InChI=1S/C23H17F4NS/c24-20-4-2-1-3-19(20)22-14-13-21(28-22)17-7-5-15(6-8-17)16-9-11-18(12-10-16)29-23(25,26)27/h1-12,21H,13-14H2. The Morgan fingerprint density at radius 1 is 0.828 bits per heavy atom. The molecule has 3 aromatic carbocycles. The number of hydrogen-bond acceptors (Lipinski definition) is 2. The summed E-state index contributed by atoms with van der Waals surface area (Å²) < 4.78 is 51.3. The van der Waals surface area contributed by atoms with E-state index < -0.39 is 5.51 Å². The minimum absolute atomic E-state index is 0.00998. The van der Waals surface area contributed by atoms with Gasteiger partial charge >= 0.3 is 5.51 Å². The lowest BCUT2D eigenvalue weighted by molar-refractivity contribution is -0.0328. The minimum Gasteiger partial charge on any atom is -0.281 e. The van der Waals surface area contributed by atoms with Gasteiger partial charge in [0.15, 0.2) is 0 Å². The number of hydrogen-bond donors (Lipinski definition) is 0. The van der Waals surface area contributed by atoms with Crippen molar-refractivity contribution >= 4 is 17.5 Å². The number of aliphatic imine (C=N–C) groups is 1. The van der Waals surface area contributed by atoms with E-state index in [2.05, 4.69) is 0 Å². The van der Waals surface area contributed by atoms with Gasteiger partial charge in [-0.15, -0.1) is 0 Å². The summed E-state index contributed by atoms with van der Waals surface area (Å²) in [7, 11) is 0. The van der Waals surface area contributed by atoms with Gasteiger partial charge in [0.05, 0.1) is 6.04 Å². The number of halogens is 4. The first kappa shape index (κ1) is 19.7. The van der Waals surface area contributed by atoms with Crippen LogP contribution >= 0.6 is 11.8 Å². The Bertz CT molecular complexity index is 1020. The van der Waals surface area contributed by atoms with Crippen molar-refractivity contribution in [3.63, 3.8) is 0 Å². The third-order valence-electron chi connectivity index (χ3n) is 4.87. The van der Waals surface area contributed by atoms with Crippen molar-refractivity contribution in [2.75, 3.05) is 0 Å².